The van der Waals surface area contributed by atoms with Crippen LogP contribution in [0.15, 0.2) is 18.2 Å². The molecule has 0 heterocycles. The van der Waals surface area contributed by atoms with Crippen molar-refractivity contribution in [1.82, 2.24) is 15.5 Å². The zero-order valence-electron chi connectivity index (χ0n) is 21.7. The summed E-state index contributed by atoms with van der Waals surface area (Å²) >= 11 is 0. The van der Waals surface area contributed by atoms with Gasteiger partial charge >= 0.3 is 6.09 Å². The number of terminal acetylenes is 1. The van der Waals surface area contributed by atoms with Crippen LogP contribution in [0.4, 0.5) is 4.79 Å². The topological polar surface area (TPSA) is 131 Å². The van der Waals surface area contributed by atoms with Crippen molar-refractivity contribution >= 4 is 23.8 Å². The van der Waals surface area contributed by atoms with Crippen molar-refractivity contribution in [2.24, 2.45) is 5.73 Å². The Labute approximate surface area is 208 Å². The smallest absolute Gasteiger partial charge is 0.408 e. The Morgan fingerprint density at radius 1 is 1.14 bits per heavy atom. The maximum Gasteiger partial charge on any atom is 0.408 e. The van der Waals surface area contributed by atoms with Crippen LogP contribution in [0.2, 0.25) is 0 Å². The predicted octanol–water partition coefficient (Wildman–Crippen LogP) is 2.84. The highest BCUT2D eigenvalue weighted by molar-refractivity contribution is 5.95. The van der Waals surface area contributed by atoms with Crippen LogP contribution in [0.25, 0.3) is 0 Å². The summed E-state index contributed by atoms with van der Waals surface area (Å²) in [6.07, 6.45) is 5.90. The number of nitrogens with zero attached hydrogens (tertiary/aromatic N) is 1. The number of carbonyl (C=O) groups is 4. The fourth-order valence-electron chi connectivity index (χ4n) is 3.75. The van der Waals surface area contributed by atoms with Gasteiger partial charge < -0.3 is 21.1 Å². The minimum absolute atomic E-state index is 0.157. The summed E-state index contributed by atoms with van der Waals surface area (Å²) in [5.74, 6) is -2.13. The molecule has 0 aliphatic rings. The Morgan fingerprint density at radius 3 is 2.17 bits per heavy atom. The van der Waals surface area contributed by atoms with Gasteiger partial charge in [0.25, 0.3) is 5.91 Å². The highest BCUT2D eigenvalue weighted by Gasteiger charge is 2.38. The fourth-order valence-corrected chi connectivity index (χ4v) is 3.75. The first-order chi connectivity index (χ1) is 16.2. The number of amides is 4. The van der Waals surface area contributed by atoms with E-state index in [0.717, 1.165) is 28.9 Å². The maximum atomic E-state index is 13.6. The van der Waals surface area contributed by atoms with Crippen molar-refractivity contribution in [2.75, 3.05) is 0 Å². The number of ether oxygens (including phenoxy) is 1. The third kappa shape index (κ3) is 8.96. The highest BCUT2D eigenvalue weighted by atomic mass is 16.6. The summed E-state index contributed by atoms with van der Waals surface area (Å²) in [5.41, 5.74) is 6.58. The summed E-state index contributed by atoms with van der Waals surface area (Å²) in [4.78, 5) is 52.1. The molecule has 1 rings (SSSR count). The lowest BCUT2D eigenvalue weighted by Gasteiger charge is -2.32. The van der Waals surface area contributed by atoms with Crippen molar-refractivity contribution in [3.63, 3.8) is 0 Å². The molecule has 4 N–H and O–H groups in total. The number of aryl methyl sites for hydroxylation is 2. The van der Waals surface area contributed by atoms with Crippen molar-refractivity contribution in [2.45, 2.75) is 91.5 Å². The lowest BCUT2D eigenvalue weighted by atomic mass is 9.93. The molecule has 3 unspecified atom stereocenters. The van der Waals surface area contributed by atoms with E-state index in [4.69, 9.17) is 16.9 Å². The van der Waals surface area contributed by atoms with Gasteiger partial charge in [-0.15, -0.1) is 0 Å². The van der Waals surface area contributed by atoms with Crippen LogP contribution >= 0.6 is 0 Å². The van der Waals surface area contributed by atoms with E-state index in [0.29, 0.717) is 5.56 Å². The zero-order chi connectivity index (χ0) is 26.9. The number of carbonyl (C=O) groups excluding carboxylic acids is 4. The molecule has 0 radical (unpaired) electrons. The molecule has 0 aromatic heterocycles. The Morgan fingerprint density at radius 2 is 1.71 bits per heavy atom. The third-order valence-electron chi connectivity index (χ3n) is 5.20. The number of primary amides is 1. The average Bonchev–Trinajstić information content (AvgIpc) is 2.70. The first-order valence-electron chi connectivity index (χ1n) is 11.6. The molecule has 9 heteroatoms. The molecule has 0 fully saturated rings. The minimum Gasteiger partial charge on any atom is -0.444 e. The van der Waals surface area contributed by atoms with Crippen LogP contribution in [0.5, 0.6) is 0 Å². The van der Waals surface area contributed by atoms with Gasteiger partial charge in [0.1, 0.15) is 17.7 Å². The van der Waals surface area contributed by atoms with Crippen LogP contribution in [-0.4, -0.2) is 46.4 Å². The molecule has 0 aliphatic heterocycles. The molecule has 1 aromatic rings. The Bertz CT molecular complexity index is 957. The van der Waals surface area contributed by atoms with Gasteiger partial charge in [0.2, 0.25) is 11.8 Å². The van der Waals surface area contributed by atoms with Crippen LogP contribution in [-0.2, 0) is 19.1 Å². The molecule has 0 saturated carbocycles. The number of hydrogen-bond donors (Lipinski definition) is 3. The minimum atomic E-state index is -1.42. The first kappa shape index (κ1) is 29.5. The van der Waals surface area contributed by atoms with E-state index in [2.05, 4.69) is 16.7 Å². The highest BCUT2D eigenvalue weighted by Crippen LogP contribution is 2.28. The second kappa shape index (κ2) is 12.8. The van der Waals surface area contributed by atoms with E-state index >= 15 is 0 Å². The molecule has 1 aromatic carbocycles. The predicted molar refractivity (Wildman–Crippen MR) is 134 cm³/mol. The summed E-state index contributed by atoms with van der Waals surface area (Å²) < 4.78 is 5.22. The quantitative estimate of drug-likeness (QED) is 0.346. The molecule has 0 aliphatic carbocycles. The van der Waals surface area contributed by atoms with Crippen molar-refractivity contribution in [3.8, 4) is 12.5 Å². The molecule has 0 saturated heterocycles. The number of benzene rings is 1. The number of nitrogens with two attached hydrogens (primary N) is 1. The second-order valence-corrected chi connectivity index (χ2v) is 9.61. The maximum absolute atomic E-state index is 13.6. The fraction of sp³-hybridized carbons (Fsp3) is 0.538. The van der Waals surface area contributed by atoms with Crippen molar-refractivity contribution < 1.29 is 23.9 Å². The Hall–Kier alpha value is -3.54. The molecule has 192 valence electrons. The molecule has 0 spiro atoms. The van der Waals surface area contributed by atoms with E-state index in [1.165, 1.54) is 0 Å². The van der Waals surface area contributed by atoms with Gasteiger partial charge in [-0.3, -0.25) is 19.3 Å². The molecular formula is C26H38N4O5. The van der Waals surface area contributed by atoms with Gasteiger partial charge in [0.15, 0.2) is 0 Å². The number of alkyl carbamates (subject to hydrolysis) is 1. The second-order valence-electron chi connectivity index (χ2n) is 9.61. The zero-order valence-corrected chi connectivity index (χ0v) is 21.7. The number of nitrogens with one attached hydrogen (secondary N) is 2. The Balaban J connectivity index is 3.49. The van der Waals surface area contributed by atoms with Crippen LogP contribution in [0.3, 0.4) is 0 Å². The normalized spacial score (nSPS) is 13.5. The Kier molecular flexibility index (Phi) is 10.8. The van der Waals surface area contributed by atoms with E-state index in [1.54, 1.807) is 20.8 Å². The van der Waals surface area contributed by atoms with E-state index in [1.807, 2.05) is 45.9 Å². The first-order valence-corrected chi connectivity index (χ1v) is 11.6. The summed E-state index contributed by atoms with van der Waals surface area (Å²) in [6.45, 7) is 12.5. The molecule has 9 nitrogen and oxygen atoms in total. The average molecular weight is 487 g/mol. The standard InChI is InChI=1S/C26H38N4O5/c1-9-12-18(5)28-23(32)22(21-16(3)13-11-14-17(21)4)30(10-2)24(33)19(15-20(27)31)29-25(34)35-26(6,7)8/h2,11,13-14,18-19,22H,9,12,15H2,1,3-8H3,(H2,27,31)(H,28,32)(H,29,34). The summed E-state index contributed by atoms with van der Waals surface area (Å²) in [6, 6.07) is 4.99. The molecular weight excluding hydrogens is 448 g/mol. The van der Waals surface area contributed by atoms with Crippen molar-refractivity contribution in [1.29, 1.82) is 0 Å². The van der Waals surface area contributed by atoms with Crippen LogP contribution in [0.1, 0.15) is 76.6 Å². The number of hydrogen-bond acceptors (Lipinski definition) is 5. The third-order valence-corrected chi connectivity index (χ3v) is 5.20. The van der Waals surface area contributed by atoms with Gasteiger partial charge in [-0.2, -0.15) is 0 Å². The van der Waals surface area contributed by atoms with Gasteiger partial charge in [-0.25, -0.2) is 4.79 Å². The SMILES string of the molecule is C#CN(C(=O)C(CC(N)=O)NC(=O)OC(C)(C)C)C(C(=O)NC(C)CCC)c1c(C)cccc1C. The van der Waals surface area contributed by atoms with Crippen molar-refractivity contribution in [3.05, 3.63) is 34.9 Å². The lowest BCUT2D eigenvalue weighted by molar-refractivity contribution is -0.139. The summed E-state index contributed by atoms with van der Waals surface area (Å²) in [5, 5.41) is 5.30. The van der Waals surface area contributed by atoms with E-state index < -0.39 is 47.9 Å². The summed E-state index contributed by atoms with van der Waals surface area (Å²) in [7, 11) is 0. The molecule has 35 heavy (non-hydrogen) atoms. The van der Waals surface area contributed by atoms with Gasteiger partial charge in [-0.1, -0.05) is 38.0 Å². The van der Waals surface area contributed by atoms with Gasteiger partial charge in [-0.05, 0) is 64.7 Å². The molecule has 0 bridgehead atoms. The lowest BCUT2D eigenvalue weighted by Crippen LogP contribution is -2.53. The molecule has 3 atom stereocenters. The number of rotatable bonds is 10. The van der Waals surface area contributed by atoms with Gasteiger partial charge in [0, 0.05) is 12.1 Å². The van der Waals surface area contributed by atoms with E-state index in [9.17, 15) is 19.2 Å². The van der Waals surface area contributed by atoms with E-state index in [-0.39, 0.29) is 6.04 Å². The largest absolute Gasteiger partial charge is 0.444 e. The van der Waals surface area contributed by atoms with Crippen LogP contribution in [0, 0.1) is 26.3 Å². The monoisotopic (exact) mass is 486 g/mol. The molecule has 4 amide bonds. The van der Waals surface area contributed by atoms with Crippen LogP contribution < -0.4 is 16.4 Å². The van der Waals surface area contributed by atoms with Gasteiger partial charge in [0.05, 0.1) is 6.42 Å².